The number of benzene rings is 1. The predicted octanol–water partition coefficient (Wildman–Crippen LogP) is 3.99. The highest BCUT2D eigenvalue weighted by atomic mass is 79.9. The van der Waals surface area contributed by atoms with Gasteiger partial charge in [-0.05, 0) is 34.1 Å². The van der Waals surface area contributed by atoms with Gasteiger partial charge in [0.15, 0.2) is 0 Å². The molecule has 2 N–H and O–H groups in total. The molecular weight excluding hydrogens is 341 g/mol. The average molecular weight is 349 g/mol. The smallest absolute Gasteiger partial charge is 0.139 e. The number of nitrogens with two attached hydrogens (primary N) is 1. The second-order valence-electron chi connectivity index (χ2n) is 3.25. The van der Waals surface area contributed by atoms with Crippen LogP contribution in [0.25, 0.3) is 0 Å². The monoisotopic (exact) mass is 347 g/mol. The molecule has 2 aromatic rings. The van der Waals surface area contributed by atoms with E-state index in [0.717, 1.165) is 4.47 Å². The summed E-state index contributed by atoms with van der Waals surface area (Å²) in [6.07, 6.45) is 1.51. The van der Waals surface area contributed by atoms with Gasteiger partial charge in [0.05, 0.1) is 16.8 Å². The van der Waals surface area contributed by atoms with Crippen molar-refractivity contribution in [3.05, 3.63) is 56.6 Å². The summed E-state index contributed by atoms with van der Waals surface area (Å²) in [5.74, 6) is 0.149. The molecule has 0 aliphatic carbocycles. The number of rotatable bonds is 2. The van der Waals surface area contributed by atoms with Crippen LogP contribution >= 0.6 is 31.9 Å². The maximum atomic E-state index is 13.7. The summed E-state index contributed by atoms with van der Waals surface area (Å²) in [7, 11) is 0. The van der Waals surface area contributed by atoms with Gasteiger partial charge in [0.2, 0.25) is 0 Å². The van der Waals surface area contributed by atoms with Crippen molar-refractivity contribution in [3.63, 3.8) is 0 Å². The van der Waals surface area contributed by atoms with E-state index in [1.165, 1.54) is 12.3 Å². The Kier molecular flexibility index (Phi) is 3.47. The number of hydrogen-bond acceptors (Lipinski definition) is 2. The molecule has 0 bridgehead atoms. The Hall–Kier alpha value is -0.650. The molecule has 1 unspecified atom stereocenters. The topological polar surface area (TPSA) is 39.2 Å². The Morgan fingerprint density at radius 1 is 1.19 bits per heavy atom. The van der Waals surface area contributed by atoms with Crippen molar-refractivity contribution in [2.75, 3.05) is 0 Å². The van der Waals surface area contributed by atoms with Crippen molar-refractivity contribution in [1.29, 1.82) is 0 Å². The first-order valence-corrected chi connectivity index (χ1v) is 6.12. The maximum Gasteiger partial charge on any atom is 0.139 e. The molecule has 2 rings (SSSR count). The molecule has 1 atom stereocenters. The van der Waals surface area contributed by atoms with E-state index in [4.69, 9.17) is 10.2 Å². The molecule has 5 heteroatoms. The van der Waals surface area contributed by atoms with Crippen LogP contribution in [0.1, 0.15) is 17.4 Å². The molecule has 0 spiro atoms. The fourth-order valence-electron chi connectivity index (χ4n) is 1.47. The van der Waals surface area contributed by atoms with Gasteiger partial charge in [0.1, 0.15) is 11.6 Å². The van der Waals surface area contributed by atoms with Crippen LogP contribution in [-0.4, -0.2) is 0 Å². The minimum Gasteiger partial charge on any atom is -0.466 e. The summed E-state index contributed by atoms with van der Waals surface area (Å²) >= 11 is 6.58. The van der Waals surface area contributed by atoms with Gasteiger partial charge in [-0.25, -0.2) is 4.39 Å². The van der Waals surface area contributed by atoms with Gasteiger partial charge >= 0.3 is 0 Å². The molecule has 0 saturated carbocycles. The second kappa shape index (κ2) is 4.69. The summed E-state index contributed by atoms with van der Waals surface area (Å²) in [6.45, 7) is 0. The van der Waals surface area contributed by atoms with Crippen molar-refractivity contribution in [1.82, 2.24) is 0 Å². The Morgan fingerprint density at radius 3 is 2.50 bits per heavy atom. The van der Waals surface area contributed by atoms with Gasteiger partial charge in [-0.15, -0.1) is 0 Å². The normalized spacial score (nSPS) is 12.8. The SMILES string of the molecule is NC(c1occc1Br)c1c(F)cccc1Br. The van der Waals surface area contributed by atoms with Crippen LogP contribution in [0.3, 0.4) is 0 Å². The summed E-state index contributed by atoms with van der Waals surface area (Å²) in [6, 6.07) is 5.82. The summed E-state index contributed by atoms with van der Waals surface area (Å²) in [4.78, 5) is 0. The highest BCUT2D eigenvalue weighted by Gasteiger charge is 2.21. The van der Waals surface area contributed by atoms with Crippen LogP contribution in [0.4, 0.5) is 4.39 Å². The highest BCUT2D eigenvalue weighted by molar-refractivity contribution is 9.10. The van der Waals surface area contributed by atoms with Crippen LogP contribution < -0.4 is 5.73 Å². The lowest BCUT2D eigenvalue weighted by Gasteiger charge is -2.13. The minimum absolute atomic E-state index is 0.356. The van der Waals surface area contributed by atoms with Gasteiger partial charge in [-0.3, -0.25) is 0 Å². The first kappa shape index (κ1) is 11.8. The third-order valence-corrected chi connectivity index (χ3v) is 3.58. The number of halogens is 3. The molecule has 1 aromatic heterocycles. The molecule has 1 aromatic carbocycles. The lowest BCUT2D eigenvalue weighted by molar-refractivity contribution is 0.477. The molecule has 0 aliphatic rings. The third-order valence-electron chi connectivity index (χ3n) is 2.24. The van der Waals surface area contributed by atoms with Gasteiger partial charge < -0.3 is 10.2 Å². The molecule has 2 nitrogen and oxygen atoms in total. The van der Waals surface area contributed by atoms with E-state index in [-0.39, 0.29) is 5.82 Å². The zero-order valence-electron chi connectivity index (χ0n) is 8.08. The van der Waals surface area contributed by atoms with E-state index in [9.17, 15) is 4.39 Å². The fraction of sp³-hybridized carbons (Fsp3) is 0.0909. The van der Waals surface area contributed by atoms with Gasteiger partial charge in [-0.2, -0.15) is 0 Å². The van der Waals surface area contributed by atoms with E-state index < -0.39 is 6.04 Å². The molecule has 16 heavy (non-hydrogen) atoms. The minimum atomic E-state index is -0.639. The molecule has 84 valence electrons. The van der Waals surface area contributed by atoms with Crippen molar-refractivity contribution in [2.24, 2.45) is 5.73 Å². The van der Waals surface area contributed by atoms with E-state index in [1.807, 2.05) is 0 Å². The highest BCUT2D eigenvalue weighted by Crippen LogP contribution is 2.33. The van der Waals surface area contributed by atoms with Gasteiger partial charge in [0, 0.05) is 10.0 Å². The van der Waals surface area contributed by atoms with Crippen LogP contribution in [0.15, 0.2) is 43.9 Å². The Labute approximate surface area is 109 Å². The predicted molar refractivity (Wildman–Crippen MR) is 66.5 cm³/mol. The molecule has 1 heterocycles. The molecular formula is C11H8Br2FNO. The van der Waals surface area contributed by atoms with Crippen LogP contribution in [0.5, 0.6) is 0 Å². The first-order chi connectivity index (χ1) is 7.61. The van der Waals surface area contributed by atoms with Crippen molar-refractivity contribution < 1.29 is 8.81 Å². The molecule has 0 fully saturated rings. The quantitative estimate of drug-likeness (QED) is 0.891. The van der Waals surface area contributed by atoms with E-state index in [1.54, 1.807) is 18.2 Å². The maximum absolute atomic E-state index is 13.7. The Morgan fingerprint density at radius 2 is 1.94 bits per heavy atom. The molecule has 0 amide bonds. The zero-order chi connectivity index (χ0) is 11.7. The van der Waals surface area contributed by atoms with Gasteiger partial charge in [-0.1, -0.05) is 22.0 Å². The molecule has 0 saturated heterocycles. The molecule has 0 aliphatic heterocycles. The number of hydrogen-bond donors (Lipinski definition) is 1. The van der Waals surface area contributed by atoms with Crippen LogP contribution in [0.2, 0.25) is 0 Å². The van der Waals surface area contributed by atoms with E-state index in [2.05, 4.69) is 31.9 Å². The Bertz CT molecular complexity index is 492. The average Bonchev–Trinajstić information content (AvgIpc) is 2.64. The largest absolute Gasteiger partial charge is 0.466 e. The Balaban J connectivity index is 2.49. The van der Waals surface area contributed by atoms with E-state index in [0.29, 0.717) is 15.8 Å². The number of furan rings is 1. The lowest BCUT2D eigenvalue weighted by atomic mass is 10.1. The van der Waals surface area contributed by atoms with E-state index >= 15 is 0 Å². The summed E-state index contributed by atoms with van der Waals surface area (Å²) < 4.78 is 20.2. The van der Waals surface area contributed by atoms with Crippen LogP contribution in [-0.2, 0) is 0 Å². The fourth-order valence-corrected chi connectivity index (χ4v) is 2.50. The van der Waals surface area contributed by atoms with Gasteiger partial charge in [0.25, 0.3) is 0 Å². The molecule has 0 radical (unpaired) electrons. The lowest BCUT2D eigenvalue weighted by Crippen LogP contribution is -2.14. The third kappa shape index (κ3) is 2.07. The summed E-state index contributed by atoms with van der Waals surface area (Å²) in [5, 5.41) is 0. The first-order valence-electron chi connectivity index (χ1n) is 4.53. The standard InChI is InChI=1S/C11H8Br2FNO/c12-6-2-1-3-8(14)9(6)10(15)11-7(13)4-5-16-11/h1-5,10H,15H2. The van der Waals surface area contributed by atoms with Crippen LogP contribution in [0, 0.1) is 5.82 Å². The zero-order valence-corrected chi connectivity index (χ0v) is 11.3. The van der Waals surface area contributed by atoms with Crippen molar-refractivity contribution >= 4 is 31.9 Å². The van der Waals surface area contributed by atoms with Crippen molar-refractivity contribution in [3.8, 4) is 0 Å². The second-order valence-corrected chi connectivity index (χ2v) is 4.95. The van der Waals surface area contributed by atoms with Crippen molar-refractivity contribution in [2.45, 2.75) is 6.04 Å². The summed E-state index contributed by atoms with van der Waals surface area (Å²) in [5.41, 5.74) is 6.36.